The van der Waals surface area contributed by atoms with Gasteiger partial charge in [0.1, 0.15) is 17.1 Å². The molecule has 0 bridgehead atoms. The molecule has 1 aliphatic heterocycles. The van der Waals surface area contributed by atoms with Crippen LogP contribution in [0.1, 0.15) is 38.1 Å². The van der Waals surface area contributed by atoms with Crippen LogP contribution in [0.3, 0.4) is 0 Å². The molecular weight excluding hydrogens is 288 g/mol. The predicted molar refractivity (Wildman–Crippen MR) is 84.2 cm³/mol. The van der Waals surface area contributed by atoms with Gasteiger partial charge in [-0.05, 0) is 31.4 Å². The summed E-state index contributed by atoms with van der Waals surface area (Å²) in [6.07, 6.45) is 3.00. The van der Waals surface area contributed by atoms with Crippen LogP contribution >= 0.6 is 11.6 Å². The van der Waals surface area contributed by atoms with E-state index in [-0.39, 0.29) is 0 Å². The molecule has 4 nitrogen and oxygen atoms in total. The fourth-order valence-corrected chi connectivity index (χ4v) is 3.10. The van der Waals surface area contributed by atoms with Crippen molar-refractivity contribution in [2.75, 3.05) is 19.8 Å². The molecule has 1 saturated heterocycles. The van der Waals surface area contributed by atoms with Gasteiger partial charge in [-0.1, -0.05) is 13.0 Å². The molecule has 0 saturated carbocycles. The van der Waals surface area contributed by atoms with E-state index < -0.39 is 0 Å². The molecule has 2 heterocycles. The normalized spacial score (nSPS) is 16.5. The molecule has 0 atom stereocenters. The van der Waals surface area contributed by atoms with Crippen molar-refractivity contribution in [3.63, 3.8) is 0 Å². The second kappa shape index (κ2) is 6.67. The summed E-state index contributed by atoms with van der Waals surface area (Å²) in [5.74, 6) is 2.19. The lowest BCUT2D eigenvalue weighted by atomic mass is 10.1. The van der Waals surface area contributed by atoms with Crippen molar-refractivity contribution in [3.8, 4) is 5.75 Å². The molecule has 1 aromatic heterocycles. The zero-order chi connectivity index (χ0) is 14.7. The lowest BCUT2D eigenvalue weighted by Gasteiger charge is -2.25. The fraction of sp³-hybridized carbons (Fsp3) is 0.562. The number of aromatic nitrogens is 2. The van der Waals surface area contributed by atoms with Crippen LogP contribution in [0, 0.1) is 0 Å². The summed E-state index contributed by atoms with van der Waals surface area (Å²) in [5, 5.41) is 0. The van der Waals surface area contributed by atoms with Gasteiger partial charge < -0.3 is 14.0 Å². The van der Waals surface area contributed by atoms with Crippen LogP contribution in [0.4, 0.5) is 0 Å². The highest BCUT2D eigenvalue weighted by Crippen LogP contribution is 2.32. The van der Waals surface area contributed by atoms with Gasteiger partial charge in [0.05, 0.1) is 18.0 Å². The van der Waals surface area contributed by atoms with Crippen LogP contribution in [-0.4, -0.2) is 29.4 Å². The van der Waals surface area contributed by atoms with Gasteiger partial charge in [-0.25, -0.2) is 4.98 Å². The maximum Gasteiger partial charge on any atom is 0.147 e. The minimum atomic E-state index is 0.416. The zero-order valence-corrected chi connectivity index (χ0v) is 13.1. The van der Waals surface area contributed by atoms with Gasteiger partial charge in [-0.2, -0.15) is 0 Å². The van der Waals surface area contributed by atoms with Crippen LogP contribution in [0.2, 0.25) is 0 Å². The molecule has 5 heteroatoms. The Morgan fingerprint density at radius 2 is 2.19 bits per heavy atom. The van der Waals surface area contributed by atoms with E-state index in [0.717, 1.165) is 55.1 Å². The number of benzene rings is 1. The number of hydrogen-bond acceptors (Lipinski definition) is 3. The molecule has 1 aromatic carbocycles. The van der Waals surface area contributed by atoms with E-state index >= 15 is 0 Å². The SMILES string of the molecule is CCCOc1cccc2c1nc(CCl)n2C1CCOCC1. The van der Waals surface area contributed by atoms with Crippen LogP contribution < -0.4 is 4.74 Å². The van der Waals surface area contributed by atoms with E-state index in [0.29, 0.717) is 18.5 Å². The third kappa shape index (κ3) is 2.87. The average molecular weight is 309 g/mol. The van der Waals surface area contributed by atoms with E-state index in [1.54, 1.807) is 0 Å². The summed E-state index contributed by atoms with van der Waals surface area (Å²) in [5.41, 5.74) is 2.04. The average Bonchev–Trinajstić information content (AvgIpc) is 2.92. The highest BCUT2D eigenvalue weighted by molar-refractivity contribution is 6.16. The number of rotatable bonds is 5. The Morgan fingerprint density at radius 3 is 2.90 bits per heavy atom. The summed E-state index contributed by atoms with van der Waals surface area (Å²) in [6.45, 7) is 4.42. The molecule has 0 unspecified atom stereocenters. The molecule has 0 N–H and O–H groups in total. The molecule has 0 amide bonds. The molecular formula is C16H21ClN2O2. The van der Waals surface area contributed by atoms with Gasteiger partial charge in [0.2, 0.25) is 0 Å². The van der Waals surface area contributed by atoms with Crippen molar-refractivity contribution < 1.29 is 9.47 Å². The Balaban J connectivity index is 2.05. The molecule has 0 radical (unpaired) electrons. The highest BCUT2D eigenvalue weighted by atomic mass is 35.5. The smallest absolute Gasteiger partial charge is 0.147 e. The zero-order valence-electron chi connectivity index (χ0n) is 12.3. The Morgan fingerprint density at radius 1 is 1.38 bits per heavy atom. The Hall–Kier alpha value is -1.26. The number of alkyl halides is 1. The standard InChI is InChI=1S/C16H21ClN2O2/c1-2-8-21-14-5-3-4-13-16(14)18-15(11-17)19(13)12-6-9-20-10-7-12/h3-5,12H,2,6-11H2,1H3. The van der Waals surface area contributed by atoms with Gasteiger partial charge in [0.15, 0.2) is 0 Å². The maximum atomic E-state index is 6.12. The van der Waals surface area contributed by atoms with E-state index in [2.05, 4.69) is 17.6 Å². The molecule has 0 aliphatic carbocycles. The lowest BCUT2D eigenvalue weighted by molar-refractivity contribution is 0.0700. The predicted octanol–water partition coefficient (Wildman–Crippen LogP) is 3.92. The van der Waals surface area contributed by atoms with Crippen molar-refractivity contribution >= 4 is 22.6 Å². The first-order valence-corrected chi connectivity index (χ1v) is 8.15. The van der Waals surface area contributed by atoms with E-state index in [1.165, 1.54) is 0 Å². The topological polar surface area (TPSA) is 36.3 Å². The Bertz CT molecular complexity index is 606. The van der Waals surface area contributed by atoms with Crippen molar-refractivity contribution in [1.29, 1.82) is 0 Å². The molecule has 21 heavy (non-hydrogen) atoms. The second-order valence-corrected chi connectivity index (χ2v) is 5.61. The van der Waals surface area contributed by atoms with Gasteiger partial charge in [0.25, 0.3) is 0 Å². The summed E-state index contributed by atoms with van der Waals surface area (Å²) < 4.78 is 13.6. The van der Waals surface area contributed by atoms with E-state index in [1.807, 2.05) is 12.1 Å². The van der Waals surface area contributed by atoms with Crippen molar-refractivity contribution in [2.45, 2.75) is 38.1 Å². The molecule has 1 aliphatic rings. The first-order valence-electron chi connectivity index (χ1n) is 7.61. The fourth-order valence-electron chi connectivity index (χ4n) is 2.91. The number of nitrogens with zero attached hydrogens (tertiary/aromatic N) is 2. The van der Waals surface area contributed by atoms with Crippen LogP contribution in [0.15, 0.2) is 18.2 Å². The number of para-hydroxylation sites is 1. The maximum absolute atomic E-state index is 6.12. The molecule has 0 spiro atoms. The van der Waals surface area contributed by atoms with Crippen LogP contribution in [-0.2, 0) is 10.6 Å². The molecule has 2 aromatic rings. The monoisotopic (exact) mass is 308 g/mol. The highest BCUT2D eigenvalue weighted by Gasteiger charge is 2.22. The largest absolute Gasteiger partial charge is 0.491 e. The van der Waals surface area contributed by atoms with E-state index in [4.69, 9.17) is 26.1 Å². The van der Waals surface area contributed by atoms with Gasteiger partial charge in [0, 0.05) is 19.3 Å². The summed E-state index contributed by atoms with van der Waals surface area (Å²) >= 11 is 6.12. The van der Waals surface area contributed by atoms with Crippen molar-refractivity contribution in [1.82, 2.24) is 9.55 Å². The Kier molecular flexibility index (Phi) is 4.66. The third-order valence-corrected chi connectivity index (χ3v) is 4.13. The van der Waals surface area contributed by atoms with Gasteiger partial charge >= 0.3 is 0 Å². The number of halogens is 1. The Labute approximate surface area is 130 Å². The van der Waals surface area contributed by atoms with Crippen molar-refractivity contribution in [3.05, 3.63) is 24.0 Å². The number of ether oxygens (including phenoxy) is 2. The molecule has 1 fully saturated rings. The second-order valence-electron chi connectivity index (χ2n) is 5.35. The first-order chi connectivity index (χ1) is 10.3. The third-order valence-electron chi connectivity index (χ3n) is 3.89. The molecule has 3 rings (SSSR count). The molecule has 114 valence electrons. The number of fused-ring (bicyclic) bond motifs is 1. The minimum Gasteiger partial charge on any atom is -0.491 e. The number of imidazole rings is 1. The summed E-state index contributed by atoms with van der Waals surface area (Å²) in [7, 11) is 0. The van der Waals surface area contributed by atoms with Crippen molar-refractivity contribution in [2.24, 2.45) is 0 Å². The lowest BCUT2D eigenvalue weighted by Crippen LogP contribution is -2.20. The first kappa shape index (κ1) is 14.7. The number of hydrogen-bond donors (Lipinski definition) is 0. The summed E-state index contributed by atoms with van der Waals surface area (Å²) in [4.78, 5) is 4.72. The van der Waals surface area contributed by atoms with E-state index in [9.17, 15) is 0 Å². The van der Waals surface area contributed by atoms with Crippen LogP contribution in [0.5, 0.6) is 5.75 Å². The van der Waals surface area contributed by atoms with Gasteiger partial charge in [-0.15, -0.1) is 11.6 Å². The van der Waals surface area contributed by atoms with Crippen LogP contribution in [0.25, 0.3) is 11.0 Å². The summed E-state index contributed by atoms with van der Waals surface area (Å²) in [6, 6.07) is 6.53. The minimum absolute atomic E-state index is 0.416. The quantitative estimate of drug-likeness (QED) is 0.786. The van der Waals surface area contributed by atoms with Gasteiger partial charge in [-0.3, -0.25) is 0 Å².